The Kier molecular flexibility index (Phi) is 4.16. The molecule has 1 unspecified atom stereocenters. The average molecular weight is 222 g/mol. The fourth-order valence-corrected chi connectivity index (χ4v) is 1.13. The van der Waals surface area contributed by atoms with Crippen molar-refractivity contribution in [2.24, 2.45) is 5.73 Å². The monoisotopic (exact) mass is 222 g/mol. The molecule has 0 aliphatic rings. The highest BCUT2D eigenvalue weighted by Gasteiger charge is 2.12. The Bertz CT molecular complexity index is 404. The molecular weight excluding hydrogens is 208 g/mol. The van der Waals surface area contributed by atoms with Crippen LogP contribution in [0.25, 0.3) is 0 Å². The standard InChI is InChI=1S/C11H14N2O3/c1-7(15)8-3-2-4-9(5-8)13-11(16)10(12)6-14/h2-5,10,14H,6,12H2,1H3,(H,13,16). The van der Waals surface area contributed by atoms with Crippen LogP contribution in [0.15, 0.2) is 24.3 Å². The van der Waals surface area contributed by atoms with E-state index in [1.165, 1.54) is 6.92 Å². The first kappa shape index (κ1) is 12.4. The number of hydrogen-bond acceptors (Lipinski definition) is 4. The van der Waals surface area contributed by atoms with E-state index in [9.17, 15) is 9.59 Å². The molecule has 16 heavy (non-hydrogen) atoms. The number of hydrogen-bond donors (Lipinski definition) is 3. The van der Waals surface area contributed by atoms with Gasteiger partial charge in [-0.3, -0.25) is 9.59 Å². The van der Waals surface area contributed by atoms with Crippen LogP contribution in [-0.4, -0.2) is 29.4 Å². The number of benzene rings is 1. The molecule has 1 amide bonds. The molecule has 1 rings (SSSR count). The van der Waals surface area contributed by atoms with Crippen molar-refractivity contribution in [1.82, 2.24) is 0 Å². The Balaban J connectivity index is 2.78. The summed E-state index contributed by atoms with van der Waals surface area (Å²) in [4.78, 5) is 22.4. The molecular formula is C11H14N2O3. The summed E-state index contributed by atoms with van der Waals surface area (Å²) in [5, 5.41) is 11.2. The van der Waals surface area contributed by atoms with Crippen molar-refractivity contribution in [1.29, 1.82) is 0 Å². The van der Waals surface area contributed by atoms with E-state index < -0.39 is 18.6 Å². The van der Waals surface area contributed by atoms with Crippen molar-refractivity contribution in [2.75, 3.05) is 11.9 Å². The molecule has 0 saturated heterocycles. The first-order chi connectivity index (χ1) is 7.54. The lowest BCUT2D eigenvalue weighted by molar-refractivity contribution is -0.118. The Morgan fingerprint density at radius 3 is 2.75 bits per heavy atom. The molecule has 86 valence electrons. The largest absolute Gasteiger partial charge is 0.394 e. The van der Waals surface area contributed by atoms with Gasteiger partial charge in [-0.2, -0.15) is 0 Å². The molecule has 1 atom stereocenters. The Morgan fingerprint density at radius 1 is 1.50 bits per heavy atom. The normalized spacial score (nSPS) is 11.9. The van der Waals surface area contributed by atoms with Crippen LogP contribution in [-0.2, 0) is 4.79 Å². The number of ketones is 1. The summed E-state index contributed by atoms with van der Waals surface area (Å²) in [6.45, 7) is 1.03. The number of amides is 1. The second-order valence-electron chi connectivity index (χ2n) is 3.42. The fraction of sp³-hybridized carbons (Fsp3) is 0.273. The first-order valence-electron chi connectivity index (χ1n) is 4.83. The van der Waals surface area contributed by atoms with E-state index in [0.29, 0.717) is 11.3 Å². The maximum Gasteiger partial charge on any atom is 0.243 e. The second kappa shape index (κ2) is 5.39. The minimum Gasteiger partial charge on any atom is -0.394 e. The van der Waals surface area contributed by atoms with Crippen molar-refractivity contribution in [2.45, 2.75) is 13.0 Å². The SMILES string of the molecule is CC(=O)c1cccc(NC(=O)C(N)CO)c1. The summed E-state index contributed by atoms with van der Waals surface area (Å²) in [7, 11) is 0. The number of nitrogens with two attached hydrogens (primary N) is 1. The van der Waals surface area contributed by atoms with E-state index in [4.69, 9.17) is 10.8 Å². The highest BCUT2D eigenvalue weighted by molar-refractivity contribution is 5.98. The van der Waals surface area contributed by atoms with Crippen LogP contribution in [0.3, 0.4) is 0 Å². The molecule has 5 heteroatoms. The summed E-state index contributed by atoms with van der Waals surface area (Å²) in [5.41, 5.74) is 6.33. The zero-order chi connectivity index (χ0) is 12.1. The number of nitrogens with one attached hydrogen (secondary N) is 1. The lowest BCUT2D eigenvalue weighted by atomic mass is 10.1. The number of aliphatic hydroxyl groups is 1. The van der Waals surface area contributed by atoms with Gasteiger partial charge in [-0.05, 0) is 19.1 Å². The Morgan fingerprint density at radius 2 is 2.19 bits per heavy atom. The summed E-state index contributed by atoms with van der Waals surface area (Å²) < 4.78 is 0. The lowest BCUT2D eigenvalue weighted by Crippen LogP contribution is -2.38. The predicted octanol–water partition coefficient (Wildman–Crippen LogP) is 0.147. The molecule has 1 aromatic carbocycles. The zero-order valence-electron chi connectivity index (χ0n) is 8.93. The van der Waals surface area contributed by atoms with Gasteiger partial charge in [0, 0.05) is 11.3 Å². The molecule has 0 radical (unpaired) electrons. The summed E-state index contributed by atoms with van der Waals surface area (Å²) in [6, 6.07) is 5.57. The van der Waals surface area contributed by atoms with Crippen molar-refractivity contribution in [3.05, 3.63) is 29.8 Å². The maximum absolute atomic E-state index is 11.3. The average Bonchev–Trinajstić information content (AvgIpc) is 2.28. The van der Waals surface area contributed by atoms with E-state index in [1.54, 1.807) is 24.3 Å². The molecule has 4 N–H and O–H groups in total. The highest BCUT2D eigenvalue weighted by atomic mass is 16.3. The van der Waals surface area contributed by atoms with Crippen LogP contribution >= 0.6 is 0 Å². The molecule has 0 aliphatic carbocycles. The molecule has 0 bridgehead atoms. The fourth-order valence-electron chi connectivity index (χ4n) is 1.13. The number of anilines is 1. The molecule has 0 fully saturated rings. The van der Waals surface area contributed by atoms with Crippen molar-refractivity contribution in [3.63, 3.8) is 0 Å². The zero-order valence-corrected chi connectivity index (χ0v) is 8.93. The van der Waals surface area contributed by atoms with Crippen LogP contribution in [0.1, 0.15) is 17.3 Å². The molecule has 0 heterocycles. The van der Waals surface area contributed by atoms with Crippen LogP contribution in [0.4, 0.5) is 5.69 Å². The summed E-state index contributed by atoms with van der Waals surface area (Å²) in [5.74, 6) is -0.564. The summed E-state index contributed by atoms with van der Waals surface area (Å²) >= 11 is 0. The van der Waals surface area contributed by atoms with Gasteiger partial charge in [0.1, 0.15) is 6.04 Å². The van der Waals surface area contributed by atoms with Gasteiger partial charge in [0.05, 0.1) is 6.61 Å². The van der Waals surface area contributed by atoms with Gasteiger partial charge in [-0.25, -0.2) is 0 Å². The number of carbonyl (C=O) groups excluding carboxylic acids is 2. The third-order valence-electron chi connectivity index (χ3n) is 2.07. The summed E-state index contributed by atoms with van der Waals surface area (Å²) in [6.07, 6.45) is 0. The van der Waals surface area contributed by atoms with E-state index in [2.05, 4.69) is 5.32 Å². The van der Waals surface area contributed by atoms with Gasteiger partial charge < -0.3 is 16.2 Å². The number of aliphatic hydroxyl groups excluding tert-OH is 1. The molecule has 0 aromatic heterocycles. The van der Waals surface area contributed by atoms with Gasteiger partial charge in [-0.15, -0.1) is 0 Å². The number of carbonyl (C=O) groups is 2. The quantitative estimate of drug-likeness (QED) is 0.632. The molecule has 0 saturated carbocycles. The van der Waals surface area contributed by atoms with Crippen LogP contribution in [0, 0.1) is 0 Å². The Labute approximate surface area is 93.3 Å². The Hall–Kier alpha value is -1.72. The van der Waals surface area contributed by atoms with E-state index in [0.717, 1.165) is 0 Å². The maximum atomic E-state index is 11.3. The van der Waals surface area contributed by atoms with E-state index in [-0.39, 0.29) is 5.78 Å². The lowest BCUT2D eigenvalue weighted by Gasteiger charge is -2.09. The molecule has 1 aromatic rings. The molecule has 0 spiro atoms. The van der Waals surface area contributed by atoms with E-state index >= 15 is 0 Å². The molecule has 0 aliphatic heterocycles. The smallest absolute Gasteiger partial charge is 0.243 e. The number of Topliss-reactive ketones (excluding diaryl/α,β-unsaturated/α-hetero) is 1. The van der Waals surface area contributed by atoms with Crippen LogP contribution in [0.2, 0.25) is 0 Å². The topological polar surface area (TPSA) is 92.4 Å². The van der Waals surface area contributed by atoms with Crippen molar-refractivity contribution >= 4 is 17.4 Å². The van der Waals surface area contributed by atoms with Crippen LogP contribution in [0.5, 0.6) is 0 Å². The van der Waals surface area contributed by atoms with E-state index in [1.807, 2.05) is 0 Å². The van der Waals surface area contributed by atoms with Crippen molar-refractivity contribution < 1.29 is 14.7 Å². The van der Waals surface area contributed by atoms with Crippen LogP contribution < -0.4 is 11.1 Å². The third-order valence-corrected chi connectivity index (χ3v) is 2.07. The van der Waals surface area contributed by atoms with Gasteiger partial charge >= 0.3 is 0 Å². The van der Waals surface area contributed by atoms with Gasteiger partial charge in [0.2, 0.25) is 5.91 Å². The highest BCUT2D eigenvalue weighted by Crippen LogP contribution is 2.11. The van der Waals surface area contributed by atoms with Gasteiger partial charge in [0.25, 0.3) is 0 Å². The predicted molar refractivity (Wildman–Crippen MR) is 60.1 cm³/mol. The minimum absolute atomic E-state index is 0.0810. The second-order valence-corrected chi connectivity index (χ2v) is 3.42. The number of rotatable bonds is 4. The first-order valence-corrected chi connectivity index (χ1v) is 4.83. The van der Waals surface area contributed by atoms with Crippen molar-refractivity contribution in [3.8, 4) is 0 Å². The minimum atomic E-state index is -0.957. The third kappa shape index (κ3) is 3.15. The van der Waals surface area contributed by atoms with Gasteiger partial charge in [-0.1, -0.05) is 12.1 Å². The van der Waals surface area contributed by atoms with Gasteiger partial charge in [0.15, 0.2) is 5.78 Å². The molecule has 5 nitrogen and oxygen atoms in total.